The molecule has 4 heteroatoms. The standard InChI is InChI=1S/C15H18N2O2/c1-15(2,3)17(14(18)19)13-8-7-11-10(9-16)5-4-6-12(11)13/h4-6,13H,7-8H2,1-3H3,(H,18,19)/t13-/m0/s1. The summed E-state index contributed by atoms with van der Waals surface area (Å²) in [5.41, 5.74) is 2.20. The summed E-state index contributed by atoms with van der Waals surface area (Å²) in [6, 6.07) is 7.60. The van der Waals surface area contributed by atoms with Gasteiger partial charge in [0.25, 0.3) is 0 Å². The molecule has 0 fully saturated rings. The molecule has 0 radical (unpaired) electrons. The van der Waals surface area contributed by atoms with Gasteiger partial charge in [-0.25, -0.2) is 4.79 Å². The number of nitrogens with zero attached hydrogens (tertiary/aromatic N) is 2. The summed E-state index contributed by atoms with van der Waals surface area (Å²) in [6.45, 7) is 5.69. The molecule has 1 aromatic carbocycles. The normalized spacial score (nSPS) is 17.7. The molecule has 4 nitrogen and oxygen atoms in total. The van der Waals surface area contributed by atoms with Crippen LogP contribution in [0.2, 0.25) is 0 Å². The number of carbonyl (C=O) groups is 1. The maximum atomic E-state index is 11.6. The van der Waals surface area contributed by atoms with Gasteiger partial charge in [0.2, 0.25) is 0 Å². The molecule has 1 atom stereocenters. The fourth-order valence-corrected chi connectivity index (χ4v) is 2.89. The van der Waals surface area contributed by atoms with Crippen molar-refractivity contribution >= 4 is 6.09 Å². The Balaban J connectivity index is 2.47. The third kappa shape index (κ3) is 2.28. The third-order valence-electron chi connectivity index (χ3n) is 3.60. The molecule has 0 spiro atoms. The molecule has 0 bridgehead atoms. The Bertz CT molecular complexity index is 552. The van der Waals surface area contributed by atoms with Crippen LogP contribution in [-0.2, 0) is 6.42 Å². The van der Waals surface area contributed by atoms with Gasteiger partial charge < -0.3 is 5.11 Å². The highest BCUT2D eigenvalue weighted by Gasteiger charge is 2.38. The van der Waals surface area contributed by atoms with Gasteiger partial charge in [-0.1, -0.05) is 12.1 Å². The summed E-state index contributed by atoms with van der Waals surface area (Å²) in [5.74, 6) is 0. The molecular formula is C15H18N2O2. The van der Waals surface area contributed by atoms with E-state index in [0.29, 0.717) is 5.56 Å². The summed E-state index contributed by atoms with van der Waals surface area (Å²) < 4.78 is 0. The van der Waals surface area contributed by atoms with Crippen LogP contribution in [0.1, 0.15) is 49.9 Å². The molecule has 1 aromatic rings. The Labute approximate surface area is 113 Å². The van der Waals surface area contributed by atoms with E-state index in [0.717, 1.165) is 24.0 Å². The van der Waals surface area contributed by atoms with Crippen LogP contribution >= 0.6 is 0 Å². The second kappa shape index (κ2) is 4.58. The average molecular weight is 258 g/mol. The molecule has 1 N–H and O–H groups in total. The van der Waals surface area contributed by atoms with E-state index in [9.17, 15) is 9.90 Å². The van der Waals surface area contributed by atoms with Gasteiger partial charge in [0, 0.05) is 5.54 Å². The number of amides is 1. The lowest BCUT2D eigenvalue weighted by Crippen LogP contribution is -2.46. The lowest BCUT2D eigenvalue weighted by molar-refractivity contribution is 0.0701. The van der Waals surface area contributed by atoms with Gasteiger partial charge in [-0.2, -0.15) is 5.26 Å². The molecular weight excluding hydrogens is 240 g/mol. The summed E-state index contributed by atoms with van der Waals surface area (Å²) in [4.78, 5) is 13.1. The van der Waals surface area contributed by atoms with Crippen LogP contribution in [0.15, 0.2) is 18.2 Å². The number of hydrogen-bond acceptors (Lipinski definition) is 2. The van der Waals surface area contributed by atoms with E-state index in [1.165, 1.54) is 4.90 Å². The molecule has 1 amide bonds. The predicted molar refractivity (Wildman–Crippen MR) is 71.8 cm³/mol. The number of fused-ring (bicyclic) bond motifs is 1. The second-order valence-corrected chi connectivity index (χ2v) is 5.86. The van der Waals surface area contributed by atoms with Gasteiger partial charge in [0.05, 0.1) is 17.7 Å². The topological polar surface area (TPSA) is 64.3 Å². The molecule has 2 rings (SSSR count). The SMILES string of the molecule is CC(C)(C)N(C(=O)O)[C@H]1CCc2c(C#N)cccc21. The first-order chi connectivity index (χ1) is 8.86. The predicted octanol–water partition coefficient (Wildman–Crippen LogP) is 3.32. The molecule has 19 heavy (non-hydrogen) atoms. The highest BCUT2D eigenvalue weighted by molar-refractivity contribution is 5.67. The van der Waals surface area contributed by atoms with Crippen molar-refractivity contribution in [3.8, 4) is 6.07 Å². The van der Waals surface area contributed by atoms with Crippen LogP contribution in [-0.4, -0.2) is 21.6 Å². The zero-order valence-corrected chi connectivity index (χ0v) is 11.5. The summed E-state index contributed by atoms with van der Waals surface area (Å²) in [5, 5.41) is 18.6. The summed E-state index contributed by atoms with van der Waals surface area (Å²) >= 11 is 0. The summed E-state index contributed by atoms with van der Waals surface area (Å²) in [7, 11) is 0. The number of hydrogen-bond donors (Lipinski definition) is 1. The van der Waals surface area contributed by atoms with Gasteiger partial charge in [-0.05, 0) is 50.8 Å². The molecule has 0 saturated heterocycles. The van der Waals surface area contributed by atoms with Gasteiger partial charge >= 0.3 is 6.09 Å². The Kier molecular flexibility index (Phi) is 3.23. The van der Waals surface area contributed by atoms with E-state index in [1.807, 2.05) is 32.9 Å². The van der Waals surface area contributed by atoms with Crippen LogP contribution in [0.3, 0.4) is 0 Å². The molecule has 0 saturated carbocycles. The second-order valence-electron chi connectivity index (χ2n) is 5.86. The van der Waals surface area contributed by atoms with Crippen molar-refractivity contribution in [3.05, 3.63) is 34.9 Å². The first kappa shape index (κ1) is 13.4. The van der Waals surface area contributed by atoms with Crippen molar-refractivity contribution in [2.24, 2.45) is 0 Å². The van der Waals surface area contributed by atoms with Crippen molar-refractivity contribution in [2.45, 2.75) is 45.2 Å². The Morgan fingerprint density at radius 2 is 2.16 bits per heavy atom. The van der Waals surface area contributed by atoms with Gasteiger partial charge in [-0.15, -0.1) is 0 Å². The fraction of sp³-hybridized carbons (Fsp3) is 0.467. The number of carboxylic acid groups (broad SMARTS) is 1. The van der Waals surface area contributed by atoms with Crippen LogP contribution in [0.4, 0.5) is 4.79 Å². The van der Waals surface area contributed by atoms with Crippen LogP contribution in [0, 0.1) is 11.3 Å². The maximum Gasteiger partial charge on any atom is 0.408 e. The Morgan fingerprint density at radius 3 is 2.68 bits per heavy atom. The van der Waals surface area contributed by atoms with E-state index in [-0.39, 0.29) is 6.04 Å². The van der Waals surface area contributed by atoms with Crippen LogP contribution in [0.25, 0.3) is 0 Å². The molecule has 100 valence electrons. The minimum absolute atomic E-state index is 0.152. The van der Waals surface area contributed by atoms with Crippen molar-refractivity contribution in [2.75, 3.05) is 0 Å². The number of nitriles is 1. The largest absolute Gasteiger partial charge is 0.465 e. The lowest BCUT2D eigenvalue weighted by Gasteiger charge is -2.38. The van der Waals surface area contributed by atoms with E-state index in [1.54, 1.807) is 6.07 Å². The van der Waals surface area contributed by atoms with Crippen LogP contribution in [0.5, 0.6) is 0 Å². The monoisotopic (exact) mass is 258 g/mol. The molecule has 0 heterocycles. The zero-order valence-electron chi connectivity index (χ0n) is 11.5. The van der Waals surface area contributed by atoms with E-state index in [4.69, 9.17) is 5.26 Å². The fourth-order valence-electron chi connectivity index (χ4n) is 2.89. The molecule has 1 aliphatic carbocycles. The van der Waals surface area contributed by atoms with Gasteiger partial charge in [-0.3, -0.25) is 4.90 Å². The molecule has 1 aliphatic rings. The van der Waals surface area contributed by atoms with Gasteiger partial charge in [0.15, 0.2) is 0 Å². The highest BCUT2D eigenvalue weighted by atomic mass is 16.4. The summed E-state index contributed by atoms with van der Waals surface area (Å²) in [6.07, 6.45) is 0.606. The Hall–Kier alpha value is -2.02. The van der Waals surface area contributed by atoms with E-state index < -0.39 is 11.6 Å². The lowest BCUT2D eigenvalue weighted by atomic mass is 9.98. The molecule has 0 aliphatic heterocycles. The zero-order chi connectivity index (χ0) is 14.2. The number of benzene rings is 1. The van der Waals surface area contributed by atoms with E-state index >= 15 is 0 Å². The van der Waals surface area contributed by atoms with Gasteiger partial charge in [0.1, 0.15) is 0 Å². The maximum absolute atomic E-state index is 11.6. The first-order valence-electron chi connectivity index (χ1n) is 6.40. The van der Waals surface area contributed by atoms with E-state index in [2.05, 4.69) is 6.07 Å². The average Bonchev–Trinajstić information content (AvgIpc) is 2.70. The van der Waals surface area contributed by atoms with Crippen molar-refractivity contribution in [1.82, 2.24) is 4.90 Å². The Morgan fingerprint density at radius 1 is 1.47 bits per heavy atom. The number of rotatable bonds is 1. The minimum atomic E-state index is -0.910. The van der Waals surface area contributed by atoms with Crippen molar-refractivity contribution in [1.29, 1.82) is 5.26 Å². The van der Waals surface area contributed by atoms with Crippen molar-refractivity contribution < 1.29 is 9.90 Å². The third-order valence-corrected chi connectivity index (χ3v) is 3.60. The minimum Gasteiger partial charge on any atom is -0.465 e. The van der Waals surface area contributed by atoms with Crippen molar-refractivity contribution in [3.63, 3.8) is 0 Å². The highest BCUT2D eigenvalue weighted by Crippen LogP contribution is 2.40. The molecule has 0 unspecified atom stereocenters. The first-order valence-corrected chi connectivity index (χ1v) is 6.40. The van der Waals surface area contributed by atoms with Crippen LogP contribution < -0.4 is 0 Å². The quantitative estimate of drug-likeness (QED) is 0.840. The molecule has 0 aromatic heterocycles. The smallest absolute Gasteiger partial charge is 0.408 e.